The van der Waals surface area contributed by atoms with Crippen molar-refractivity contribution in [3.63, 3.8) is 0 Å². The number of benzene rings is 1. The van der Waals surface area contributed by atoms with E-state index in [-0.39, 0.29) is 5.91 Å². The Morgan fingerprint density at radius 2 is 2.27 bits per heavy atom. The van der Waals surface area contributed by atoms with Crippen LogP contribution in [0.15, 0.2) is 36.5 Å². The van der Waals surface area contributed by atoms with E-state index in [1.54, 1.807) is 19.4 Å². The molecule has 0 aliphatic carbocycles. The molecule has 1 aromatic carbocycles. The fourth-order valence-electron chi connectivity index (χ4n) is 3.24. The monoisotopic (exact) mass is 355 g/mol. The van der Waals surface area contributed by atoms with Gasteiger partial charge in [0.25, 0.3) is 0 Å². The first kappa shape index (κ1) is 18.1. The van der Waals surface area contributed by atoms with Crippen LogP contribution in [-0.2, 0) is 17.8 Å². The second-order valence-electron chi connectivity index (χ2n) is 6.62. The second-order valence-corrected chi connectivity index (χ2v) is 6.62. The number of hydrogen-bond acceptors (Lipinski definition) is 6. The normalized spacial score (nSPS) is 16.9. The van der Waals surface area contributed by atoms with E-state index in [1.165, 1.54) is 0 Å². The highest BCUT2D eigenvalue weighted by molar-refractivity contribution is 5.79. The van der Waals surface area contributed by atoms with E-state index >= 15 is 0 Å². The first-order valence-electron chi connectivity index (χ1n) is 8.73. The van der Waals surface area contributed by atoms with Crippen molar-refractivity contribution in [1.29, 1.82) is 0 Å². The molecule has 7 heteroatoms. The van der Waals surface area contributed by atoms with Gasteiger partial charge in [-0.25, -0.2) is 9.97 Å². The summed E-state index contributed by atoms with van der Waals surface area (Å²) in [6, 6.07) is 9.64. The van der Waals surface area contributed by atoms with E-state index in [2.05, 4.69) is 14.9 Å². The van der Waals surface area contributed by atoms with Crippen molar-refractivity contribution in [2.45, 2.75) is 25.4 Å². The van der Waals surface area contributed by atoms with E-state index < -0.39 is 0 Å². The highest BCUT2D eigenvalue weighted by Gasteiger charge is 2.29. The van der Waals surface area contributed by atoms with Gasteiger partial charge in [-0.15, -0.1) is 0 Å². The number of aromatic nitrogens is 2. The first-order chi connectivity index (χ1) is 12.5. The Kier molecular flexibility index (Phi) is 5.68. The molecule has 0 radical (unpaired) electrons. The molecular formula is C19H25N5O2. The summed E-state index contributed by atoms with van der Waals surface area (Å²) in [5.74, 6) is 2.10. The molecule has 2 heterocycles. The van der Waals surface area contributed by atoms with E-state index in [0.29, 0.717) is 30.6 Å². The number of carbonyl (C=O) groups excluding carboxylic acids is 1. The Balaban J connectivity index is 1.54. The van der Waals surface area contributed by atoms with Gasteiger partial charge < -0.3 is 15.4 Å². The molecule has 2 N–H and O–H groups in total. The minimum absolute atomic E-state index is 0.148. The van der Waals surface area contributed by atoms with Crippen molar-refractivity contribution in [3.05, 3.63) is 47.9 Å². The van der Waals surface area contributed by atoms with Gasteiger partial charge >= 0.3 is 0 Å². The molecule has 138 valence electrons. The Bertz CT molecular complexity index is 767. The molecule has 0 spiro atoms. The summed E-state index contributed by atoms with van der Waals surface area (Å²) < 4.78 is 5.22. The minimum Gasteiger partial charge on any atom is -0.497 e. The topological polar surface area (TPSA) is 84.6 Å². The van der Waals surface area contributed by atoms with Crippen molar-refractivity contribution in [2.24, 2.45) is 0 Å². The predicted molar refractivity (Wildman–Crippen MR) is 99.6 cm³/mol. The number of amides is 1. The number of methoxy groups -OCH3 is 1. The number of ether oxygens (including phenoxy) is 1. The third kappa shape index (κ3) is 4.49. The third-order valence-electron chi connectivity index (χ3n) is 4.75. The summed E-state index contributed by atoms with van der Waals surface area (Å²) >= 11 is 0. The second kappa shape index (κ2) is 8.14. The highest BCUT2D eigenvalue weighted by Crippen LogP contribution is 2.19. The lowest BCUT2D eigenvalue weighted by atomic mass is 10.1. The van der Waals surface area contributed by atoms with Crippen LogP contribution in [0.1, 0.15) is 17.8 Å². The van der Waals surface area contributed by atoms with Crippen molar-refractivity contribution < 1.29 is 9.53 Å². The zero-order chi connectivity index (χ0) is 18.5. The molecule has 1 amide bonds. The fraction of sp³-hybridized carbons (Fsp3) is 0.421. The smallest absolute Gasteiger partial charge is 0.227 e. The molecule has 0 saturated carbocycles. The average Bonchev–Trinajstić information content (AvgIpc) is 3.12. The standard InChI is InChI=1S/C19H25N5O2/c1-23(13-18-21-8-6-17(20)22-18)15-7-9-24(12-15)19(25)11-14-4-3-5-16(10-14)26-2/h3-6,8,10,15H,7,9,11-13H2,1-2H3,(H2,20,21,22)/t15-/m1/s1. The molecule has 1 fully saturated rings. The highest BCUT2D eigenvalue weighted by atomic mass is 16.5. The zero-order valence-electron chi connectivity index (χ0n) is 15.3. The number of carbonyl (C=O) groups is 1. The van der Waals surface area contributed by atoms with Crippen LogP contribution in [0.4, 0.5) is 5.82 Å². The van der Waals surface area contributed by atoms with Gasteiger partial charge in [-0.3, -0.25) is 9.69 Å². The van der Waals surface area contributed by atoms with Gasteiger partial charge in [0, 0.05) is 25.3 Å². The third-order valence-corrected chi connectivity index (χ3v) is 4.75. The Hall–Kier alpha value is -2.67. The molecule has 1 atom stereocenters. The van der Waals surface area contributed by atoms with Gasteiger partial charge in [0.2, 0.25) is 5.91 Å². The maximum atomic E-state index is 12.6. The summed E-state index contributed by atoms with van der Waals surface area (Å²) in [4.78, 5) is 25.2. The molecule has 0 bridgehead atoms. The lowest BCUT2D eigenvalue weighted by Crippen LogP contribution is -2.37. The van der Waals surface area contributed by atoms with Crippen LogP contribution < -0.4 is 10.5 Å². The van der Waals surface area contributed by atoms with Crippen molar-refractivity contribution in [2.75, 3.05) is 33.0 Å². The number of likely N-dealkylation sites (N-methyl/N-ethyl adjacent to an activating group) is 1. The van der Waals surface area contributed by atoms with Crippen LogP contribution in [0.25, 0.3) is 0 Å². The SMILES string of the molecule is COc1cccc(CC(=O)N2CC[C@@H](N(C)Cc3nccc(N)n3)C2)c1. The molecule has 1 aliphatic heterocycles. The van der Waals surface area contributed by atoms with Crippen LogP contribution >= 0.6 is 0 Å². The van der Waals surface area contributed by atoms with E-state index in [0.717, 1.165) is 30.8 Å². The van der Waals surface area contributed by atoms with Gasteiger partial charge in [0.05, 0.1) is 20.1 Å². The summed E-state index contributed by atoms with van der Waals surface area (Å²) in [6.45, 7) is 2.12. The summed E-state index contributed by atoms with van der Waals surface area (Å²) in [5, 5.41) is 0. The Labute approximate surface area is 153 Å². The number of hydrogen-bond donors (Lipinski definition) is 1. The zero-order valence-corrected chi connectivity index (χ0v) is 15.3. The minimum atomic E-state index is 0.148. The average molecular weight is 355 g/mol. The Morgan fingerprint density at radius 3 is 3.04 bits per heavy atom. The van der Waals surface area contributed by atoms with Crippen LogP contribution in [0.3, 0.4) is 0 Å². The molecule has 2 aromatic rings. The molecular weight excluding hydrogens is 330 g/mol. The van der Waals surface area contributed by atoms with Crippen LogP contribution in [-0.4, -0.2) is 59.0 Å². The number of nitrogen functional groups attached to an aromatic ring is 1. The molecule has 26 heavy (non-hydrogen) atoms. The van der Waals surface area contributed by atoms with Crippen LogP contribution in [0, 0.1) is 0 Å². The number of rotatable bonds is 6. The van der Waals surface area contributed by atoms with E-state index in [1.807, 2.05) is 36.2 Å². The summed E-state index contributed by atoms with van der Waals surface area (Å²) in [7, 11) is 3.67. The van der Waals surface area contributed by atoms with E-state index in [9.17, 15) is 4.79 Å². The maximum Gasteiger partial charge on any atom is 0.227 e. The van der Waals surface area contributed by atoms with Crippen molar-refractivity contribution in [1.82, 2.24) is 19.8 Å². The summed E-state index contributed by atoms with van der Waals surface area (Å²) in [5.41, 5.74) is 6.68. The lowest BCUT2D eigenvalue weighted by molar-refractivity contribution is -0.129. The van der Waals surface area contributed by atoms with Gasteiger partial charge in [-0.2, -0.15) is 0 Å². The lowest BCUT2D eigenvalue weighted by Gasteiger charge is -2.24. The molecule has 1 aliphatic rings. The van der Waals surface area contributed by atoms with E-state index in [4.69, 9.17) is 10.5 Å². The van der Waals surface area contributed by atoms with Crippen LogP contribution in [0.5, 0.6) is 5.75 Å². The quantitative estimate of drug-likeness (QED) is 0.842. The Morgan fingerprint density at radius 1 is 1.42 bits per heavy atom. The molecule has 3 rings (SSSR count). The van der Waals surface area contributed by atoms with Crippen molar-refractivity contribution in [3.8, 4) is 5.75 Å². The largest absolute Gasteiger partial charge is 0.497 e. The fourth-order valence-corrected chi connectivity index (χ4v) is 3.24. The maximum absolute atomic E-state index is 12.6. The van der Waals surface area contributed by atoms with Crippen molar-refractivity contribution >= 4 is 11.7 Å². The molecule has 7 nitrogen and oxygen atoms in total. The summed E-state index contributed by atoms with van der Waals surface area (Å²) in [6.07, 6.45) is 3.01. The van der Waals surface area contributed by atoms with Crippen LogP contribution in [0.2, 0.25) is 0 Å². The first-order valence-corrected chi connectivity index (χ1v) is 8.73. The van der Waals surface area contributed by atoms with Gasteiger partial charge in [0.15, 0.2) is 0 Å². The van der Waals surface area contributed by atoms with Gasteiger partial charge in [0.1, 0.15) is 17.4 Å². The van der Waals surface area contributed by atoms with Gasteiger partial charge in [-0.1, -0.05) is 12.1 Å². The number of anilines is 1. The number of likely N-dealkylation sites (tertiary alicyclic amines) is 1. The predicted octanol–water partition coefficient (Wildman–Crippen LogP) is 1.34. The molecule has 0 unspecified atom stereocenters. The number of nitrogens with two attached hydrogens (primary N) is 1. The van der Waals surface area contributed by atoms with Gasteiger partial charge in [-0.05, 0) is 37.2 Å². The number of nitrogens with zero attached hydrogens (tertiary/aromatic N) is 4. The molecule has 1 saturated heterocycles. The molecule has 1 aromatic heterocycles.